The second-order valence-electron chi connectivity index (χ2n) is 3.31. The van der Waals surface area contributed by atoms with Crippen LogP contribution < -0.4 is 5.73 Å². The first-order chi connectivity index (χ1) is 7.33. The minimum Gasteiger partial charge on any atom is -0.398 e. The molecular weight excluding hydrogens is 190 g/mol. The number of aryl methyl sites for hydroxylation is 1. The summed E-state index contributed by atoms with van der Waals surface area (Å²) in [7, 11) is 0. The summed E-state index contributed by atoms with van der Waals surface area (Å²) < 4.78 is 1.77. The molecule has 5 nitrogen and oxygen atoms in total. The summed E-state index contributed by atoms with van der Waals surface area (Å²) >= 11 is 0. The summed E-state index contributed by atoms with van der Waals surface area (Å²) in [5.41, 5.74) is 7.45. The zero-order chi connectivity index (χ0) is 10.7. The summed E-state index contributed by atoms with van der Waals surface area (Å²) in [5.74, 6) is 0.731. The van der Waals surface area contributed by atoms with Gasteiger partial charge in [0.1, 0.15) is 0 Å². The molecule has 0 aliphatic rings. The van der Waals surface area contributed by atoms with Crippen molar-refractivity contribution in [1.82, 2.24) is 20.2 Å². The molecule has 1 aromatic carbocycles. The average Bonchev–Trinajstić information content (AvgIpc) is 2.67. The van der Waals surface area contributed by atoms with Gasteiger partial charge in [0.25, 0.3) is 0 Å². The molecule has 0 saturated carbocycles. The Labute approximate surface area is 87.9 Å². The second-order valence-corrected chi connectivity index (χ2v) is 3.31. The standard InChI is InChI=1S/C10H13N5/c1-2-7-15-10(12-13-14-15)8-5-3-4-6-9(8)11/h3-6H,2,7,11H2,1H3. The molecule has 2 aromatic rings. The molecule has 0 spiro atoms. The van der Waals surface area contributed by atoms with Gasteiger partial charge >= 0.3 is 0 Å². The minimum absolute atomic E-state index is 0.699. The van der Waals surface area contributed by atoms with Gasteiger partial charge in [-0.3, -0.25) is 0 Å². The van der Waals surface area contributed by atoms with Crippen LogP contribution in [0.25, 0.3) is 11.4 Å². The fourth-order valence-corrected chi connectivity index (χ4v) is 1.46. The van der Waals surface area contributed by atoms with E-state index in [0.717, 1.165) is 24.4 Å². The van der Waals surface area contributed by atoms with Crippen LogP contribution in [0.5, 0.6) is 0 Å². The molecule has 0 aliphatic carbocycles. The van der Waals surface area contributed by atoms with Crippen LogP contribution in [0.3, 0.4) is 0 Å². The largest absolute Gasteiger partial charge is 0.398 e. The number of para-hydroxylation sites is 1. The molecule has 2 N–H and O–H groups in total. The number of tetrazole rings is 1. The van der Waals surface area contributed by atoms with Crippen molar-refractivity contribution in [2.24, 2.45) is 0 Å². The van der Waals surface area contributed by atoms with Gasteiger partial charge in [0.2, 0.25) is 0 Å². The Morgan fingerprint density at radius 3 is 2.87 bits per heavy atom. The number of nitrogen functional groups attached to an aromatic ring is 1. The maximum absolute atomic E-state index is 5.87. The van der Waals surface area contributed by atoms with Crippen LogP contribution in [-0.2, 0) is 6.54 Å². The Morgan fingerprint density at radius 1 is 1.33 bits per heavy atom. The monoisotopic (exact) mass is 203 g/mol. The lowest BCUT2D eigenvalue weighted by Crippen LogP contribution is -2.03. The fourth-order valence-electron chi connectivity index (χ4n) is 1.46. The topological polar surface area (TPSA) is 69.6 Å². The summed E-state index contributed by atoms with van der Waals surface area (Å²) in [4.78, 5) is 0. The molecule has 0 radical (unpaired) electrons. The van der Waals surface area contributed by atoms with Gasteiger partial charge in [0, 0.05) is 17.8 Å². The average molecular weight is 203 g/mol. The van der Waals surface area contributed by atoms with Crippen LogP contribution in [0.1, 0.15) is 13.3 Å². The van der Waals surface area contributed by atoms with E-state index in [4.69, 9.17) is 5.73 Å². The first kappa shape index (κ1) is 9.64. The van der Waals surface area contributed by atoms with Crippen molar-refractivity contribution in [3.63, 3.8) is 0 Å². The Kier molecular flexibility index (Phi) is 2.62. The molecule has 0 fully saturated rings. The number of rotatable bonds is 3. The van der Waals surface area contributed by atoms with E-state index in [9.17, 15) is 0 Å². The molecule has 0 aliphatic heterocycles. The summed E-state index contributed by atoms with van der Waals surface area (Å²) in [6, 6.07) is 7.59. The van der Waals surface area contributed by atoms with E-state index in [1.165, 1.54) is 0 Å². The molecule has 1 heterocycles. The smallest absolute Gasteiger partial charge is 0.184 e. The Hall–Kier alpha value is -1.91. The quantitative estimate of drug-likeness (QED) is 0.764. The first-order valence-corrected chi connectivity index (χ1v) is 4.94. The van der Waals surface area contributed by atoms with E-state index < -0.39 is 0 Å². The van der Waals surface area contributed by atoms with Gasteiger partial charge in [-0.1, -0.05) is 19.1 Å². The predicted octanol–water partition coefficient (Wildman–Crippen LogP) is 1.33. The van der Waals surface area contributed by atoms with E-state index in [1.54, 1.807) is 4.68 Å². The van der Waals surface area contributed by atoms with Crippen LogP contribution >= 0.6 is 0 Å². The van der Waals surface area contributed by atoms with Crippen molar-refractivity contribution in [2.45, 2.75) is 19.9 Å². The third kappa shape index (κ3) is 1.81. The zero-order valence-electron chi connectivity index (χ0n) is 8.59. The number of benzene rings is 1. The molecule has 15 heavy (non-hydrogen) atoms. The molecule has 0 unspecified atom stereocenters. The van der Waals surface area contributed by atoms with Gasteiger partial charge in [0.05, 0.1) is 0 Å². The molecular formula is C10H13N5. The lowest BCUT2D eigenvalue weighted by molar-refractivity contribution is 0.583. The molecule has 5 heteroatoms. The maximum atomic E-state index is 5.87. The highest BCUT2D eigenvalue weighted by atomic mass is 15.5. The third-order valence-electron chi connectivity index (χ3n) is 2.17. The van der Waals surface area contributed by atoms with Gasteiger partial charge in [-0.15, -0.1) is 5.10 Å². The summed E-state index contributed by atoms with van der Waals surface area (Å²) in [5, 5.41) is 11.6. The molecule has 0 saturated heterocycles. The predicted molar refractivity (Wildman–Crippen MR) is 58.0 cm³/mol. The zero-order valence-corrected chi connectivity index (χ0v) is 8.59. The molecule has 0 atom stereocenters. The van der Waals surface area contributed by atoms with Gasteiger partial charge in [-0.2, -0.15) is 0 Å². The van der Waals surface area contributed by atoms with E-state index in [1.807, 2.05) is 24.3 Å². The Morgan fingerprint density at radius 2 is 2.13 bits per heavy atom. The van der Waals surface area contributed by atoms with Crippen molar-refractivity contribution in [2.75, 3.05) is 5.73 Å². The van der Waals surface area contributed by atoms with Gasteiger partial charge in [0.15, 0.2) is 5.82 Å². The SMILES string of the molecule is CCCn1nnnc1-c1ccccc1N. The highest BCUT2D eigenvalue weighted by Gasteiger charge is 2.09. The number of hydrogen-bond acceptors (Lipinski definition) is 4. The molecule has 0 bridgehead atoms. The van der Waals surface area contributed by atoms with Crippen LogP contribution in [0, 0.1) is 0 Å². The number of anilines is 1. The molecule has 78 valence electrons. The Balaban J connectivity index is 2.45. The van der Waals surface area contributed by atoms with Crippen molar-refractivity contribution >= 4 is 5.69 Å². The van der Waals surface area contributed by atoms with Gasteiger partial charge in [-0.25, -0.2) is 4.68 Å². The van der Waals surface area contributed by atoms with Crippen molar-refractivity contribution < 1.29 is 0 Å². The fraction of sp³-hybridized carbons (Fsp3) is 0.300. The van der Waals surface area contributed by atoms with Crippen LogP contribution in [0.2, 0.25) is 0 Å². The lowest BCUT2D eigenvalue weighted by atomic mass is 10.1. The van der Waals surface area contributed by atoms with Crippen LogP contribution in [0.4, 0.5) is 5.69 Å². The number of nitrogens with two attached hydrogens (primary N) is 1. The van der Waals surface area contributed by atoms with Crippen molar-refractivity contribution in [3.05, 3.63) is 24.3 Å². The number of nitrogens with zero attached hydrogens (tertiary/aromatic N) is 4. The van der Waals surface area contributed by atoms with Gasteiger partial charge in [-0.05, 0) is 29.0 Å². The molecule has 2 rings (SSSR count). The van der Waals surface area contributed by atoms with E-state index in [2.05, 4.69) is 22.4 Å². The van der Waals surface area contributed by atoms with E-state index in [0.29, 0.717) is 5.69 Å². The number of aromatic nitrogens is 4. The maximum Gasteiger partial charge on any atom is 0.184 e. The molecule has 1 aromatic heterocycles. The van der Waals surface area contributed by atoms with Crippen LogP contribution in [0.15, 0.2) is 24.3 Å². The van der Waals surface area contributed by atoms with Crippen LogP contribution in [-0.4, -0.2) is 20.2 Å². The van der Waals surface area contributed by atoms with Gasteiger partial charge < -0.3 is 5.73 Å². The second kappa shape index (κ2) is 4.08. The van der Waals surface area contributed by atoms with E-state index >= 15 is 0 Å². The third-order valence-corrected chi connectivity index (χ3v) is 2.17. The summed E-state index contributed by atoms with van der Waals surface area (Å²) in [6.07, 6.45) is 0.991. The van der Waals surface area contributed by atoms with Crippen molar-refractivity contribution in [3.8, 4) is 11.4 Å². The van der Waals surface area contributed by atoms with E-state index in [-0.39, 0.29) is 0 Å². The van der Waals surface area contributed by atoms with Crippen molar-refractivity contribution in [1.29, 1.82) is 0 Å². The highest BCUT2D eigenvalue weighted by Crippen LogP contribution is 2.22. The normalized spacial score (nSPS) is 10.5. The lowest BCUT2D eigenvalue weighted by Gasteiger charge is -2.04. The number of hydrogen-bond donors (Lipinski definition) is 1. The summed E-state index contributed by atoms with van der Waals surface area (Å²) in [6.45, 7) is 2.89. The molecule has 0 amide bonds. The first-order valence-electron chi connectivity index (χ1n) is 4.94. The Bertz CT molecular complexity index is 449. The minimum atomic E-state index is 0.699. The highest BCUT2D eigenvalue weighted by molar-refractivity contribution is 5.70.